The van der Waals surface area contributed by atoms with Gasteiger partial charge in [-0.25, -0.2) is 0 Å². The first-order valence-corrected chi connectivity index (χ1v) is 8.13. The van der Waals surface area contributed by atoms with E-state index in [-0.39, 0.29) is 23.1 Å². The molecule has 0 N–H and O–H groups in total. The van der Waals surface area contributed by atoms with Gasteiger partial charge in [0.25, 0.3) is 0 Å². The van der Waals surface area contributed by atoms with Crippen LogP contribution in [0.2, 0.25) is 0 Å². The standard InChI is InChI=1S/C17H28O3/c1-10(2)12-6-8-16(4)13-7-9-17(5,20-13)15(16)14(12)19-11(3)18/h10,12-15H,6-9H2,1-5H3. The van der Waals surface area contributed by atoms with Crippen LogP contribution in [0, 0.1) is 23.2 Å². The molecule has 0 aromatic carbocycles. The molecule has 6 atom stereocenters. The first-order chi connectivity index (χ1) is 9.28. The van der Waals surface area contributed by atoms with Crippen molar-refractivity contribution < 1.29 is 14.3 Å². The number of carbonyl (C=O) groups is 1. The third-order valence-corrected chi connectivity index (χ3v) is 6.34. The molecule has 20 heavy (non-hydrogen) atoms. The van der Waals surface area contributed by atoms with Crippen molar-refractivity contribution in [2.24, 2.45) is 23.2 Å². The van der Waals surface area contributed by atoms with E-state index in [2.05, 4.69) is 27.7 Å². The summed E-state index contributed by atoms with van der Waals surface area (Å²) in [6.07, 6.45) is 5.03. The molecular weight excluding hydrogens is 252 g/mol. The Hall–Kier alpha value is -0.570. The molecule has 3 nitrogen and oxygen atoms in total. The maximum Gasteiger partial charge on any atom is 0.302 e. The molecule has 0 radical (unpaired) electrons. The van der Waals surface area contributed by atoms with Gasteiger partial charge in [-0.1, -0.05) is 20.8 Å². The van der Waals surface area contributed by atoms with Crippen LogP contribution >= 0.6 is 0 Å². The molecule has 1 aliphatic carbocycles. The maximum absolute atomic E-state index is 11.6. The predicted molar refractivity (Wildman–Crippen MR) is 77.2 cm³/mol. The Balaban J connectivity index is 1.97. The third kappa shape index (κ3) is 1.85. The number of hydrogen-bond donors (Lipinski definition) is 0. The molecule has 2 aliphatic heterocycles. The minimum atomic E-state index is -0.142. The molecule has 0 aromatic rings. The normalized spacial score (nSPS) is 50.3. The lowest BCUT2D eigenvalue weighted by Crippen LogP contribution is -2.56. The smallest absolute Gasteiger partial charge is 0.302 e. The number of rotatable bonds is 2. The van der Waals surface area contributed by atoms with Crippen LogP contribution in [0.25, 0.3) is 0 Å². The van der Waals surface area contributed by atoms with Gasteiger partial charge in [0.1, 0.15) is 6.10 Å². The van der Waals surface area contributed by atoms with Crippen LogP contribution in [-0.2, 0) is 14.3 Å². The molecule has 114 valence electrons. The molecule has 0 aromatic heterocycles. The zero-order valence-corrected chi connectivity index (χ0v) is 13.4. The minimum absolute atomic E-state index is 0.0292. The summed E-state index contributed by atoms with van der Waals surface area (Å²) in [5.74, 6) is 1.23. The van der Waals surface area contributed by atoms with Crippen LogP contribution in [0.15, 0.2) is 0 Å². The van der Waals surface area contributed by atoms with Crippen molar-refractivity contribution in [2.45, 2.75) is 78.1 Å². The van der Waals surface area contributed by atoms with Gasteiger partial charge in [0, 0.05) is 18.3 Å². The molecule has 3 rings (SSSR count). The van der Waals surface area contributed by atoms with Crippen molar-refractivity contribution in [3.05, 3.63) is 0 Å². The topological polar surface area (TPSA) is 35.5 Å². The largest absolute Gasteiger partial charge is 0.462 e. The van der Waals surface area contributed by atoms with E-state index in [0.29, 0.717) is 23.9 Å². The Morgan fingerprint density at radius 1 is 1.25 bits per heavy atom. The van der Waals surface area contributed by atoms with Gasteiger partial charge in [0.05, 0.1) is 11.7 Å². The summed E-state index contributed by atoms with van der Waals surface area (Å²) in [6, 6.07) is 0. The minimum Gasteiger partial charge on any atom is -0.462 e. The van der Waals surface area contributed by atoms with Crippen LogP contribution in [-0.4, -0.2) is 23.8 Å². The van der Waals surface area contributed by atoms with Gasteiger partial charge in [-0.05, 0) is 44.4 Å². The van der Waals surface area contributed by atoms with Gasteiger partial charge in [-0.15, -0.1) is 0 Å². The molecule has 3 heteroatoms. The molecule has 2 heterocycles. The van der Waals surface area contributed by atoms with Crippen LogP contribution in [0.1, 0.15) is 60.3 Å². The number of esters is 1. The van der Waals surface area contributed by atoms with Crippen molar-refractivity contribution in [1.82, 2.24) is 0 Å². The molecule has 1 saturated carbocycles. The second kappa shape index (κ2) is 4.46. The summed E-state index contributed by atoms with van der Waals surface area (Å²) in [6.45, 7) is 10.6. The van der Waals surface area contributed by atoms with Gasteiger partial charge in [-0.2, -0.15) is 0 Å². The van der Waals surface area contributed by atoms with Crippen LogP contribution in [0.4, 0.5) is 0 Å². The average molecular weight is 280 g/mol. The Morgan fingerprint density at radius 3 is 2.55 bits per heavy atom. The highest BCUT2D eigenvalue weighted by atomic mass is 16.6. The lowest BCUT2D eigenvalue weighted by molar-refractivity contribution is -0.169. The molecular formula is C17H28O3. The molecule has 6 unspecified atom stereocenters. The van der Waals surface area contributed by atoms with Crippen molar-refractivity contribution in [3.63, 3.8) is 0 Å². The van der Waals surface area contributed by atoms with Crippen molar-refractivity contribution in [3.8, 4) is 0 Å². The summed E-state index contributed by atoms with van der Waals surface area (Å²) >= 11 is 0. The Bertz CT molecular complexity index is 418. The molecule has 0 amide bonds. The van der Waals surface area contributed by atoms with E-state index in [4.69, 9.17) is 9.47 Å². The van der Waals surface area contributed by atoms with E-state index in [0.717, 1.165) is 12.8 Å². The van der Waals surface area contributed by atoms with Gasteiger partial charge >= 0.3 is 5.97 Å². The predicted octanol–water partition coefficient (Wildman–Crippen LogP) is 3.56. The number of fused-ring (bicyclic) bond motifs is 5. The summed E-state index contributed by atoms with van der Waals surface area (Å²) in [4.78, 5) is 11.6. The zero-order chi connectivity index (χ0) is 14.7. The van der Waals surface area contributed by atoms with Crippen molar-refractivity contribution in [1.29, 1.82) is 0 Å². The maximum atomic E-state index is 11.6. The quantitative estimate of drug-likeness (QED) is 0.726. The molecule has 3 aliphatic rings. The summed E-state index contributed by atoms with van der Waals surface area (Å²) in [5, 5.41) is 0. The van der Waals surface area contributed by atoms with E-state index in [9.17, 15) is 4.79 Å². The van der Waals surface area contributed by atoms with Gasteiger partial charge in [0.2, 0.25) is 0 Å². The second-order valence-electron chi connectivity index (χ2n) is 7.96. The molecule has 2 bridgehead atoms. The van der Waals surface area contributed by atoms with Crippen molar-refractivity contribution >= 4 is 5.97 Å². The van der Waals surface area contributed by atoms with Gasteiger partial charge < -0.3 is 9.47 Å². The second-order valence-corrected chi connectivity index (χ2v) is 7.96. The van der Waals surface area contributed by atoms with Crippen LogP contribution < -0.4 is 0 Å². The summed E-state index contributed by atoms with van der Waals surface area (Å²) in [5.41, 5.74) is 0.103. The average Bonchev–Trinajstić information content (AvgIpc) is 2.80. The van der Waals surface area contributed by atoms with E-state index >= 15 is 0 Å². The Kier molecular flexibility index (Phi) is 3.20. The highest BCUT2D eigenvalue weighted by molar-refractivity contribution is 5.66. The third-order valence-electron chi connectivity index (χ3n) is 6.34. The fraction of sp³-hybridized carbons (Fsp3) is 0.941. The van der Waals surface area contributed by atoms with E-state index in [1.807, 2.05) is 0 Å². The highest BCUT2D eigenvalue weighted by Crippen LogP contribution is 2.64. The Labute approximate surface area is 122 Å². The monoisotopic (exact) mass is 280 g/mol. The molecule has 2 saturated heterocycles. The van der Waals surface area contributed by atoms with Crippen LogP contribution in [0.3, 0.4) is 0 Å². The summed E-state index contributed by atoms with van der Waals surface area (Å²) < 4.78 is 12.2. The lowest BCUT2D eigenvalue weighted by atomic mass is 9.53. The van der Waals surface area contributed by atoms with Gasteiger partial charge in [-0.3, -0.25) is 4.79 Å². The number of ether oxygens (including phenoxy) is 2. The fourth-order valence-electron chi connectivity index (χ4n) is 5.44. The first kappa shape index (κ1) is 14.4. The van der Waals surface area contributed by atoms with Gasteiger partial charge in [0.15, 0.2) is 0 Å². The first-order valence-electron chi connectivity index (χ1n) is 8.13. The van der Waals surface area contributed by atoms with E-state index < -0.39 is 0 Å². The molecule has 3 fully saturated rings. The van der Waals surface area contributed by atoms with Crippen molar-refractivity contribution in [2.75, 3.05) is 0 Å². The van der Waals surface area contributed by atoms with Crippen LogP contribution in [0.5, 0.6) is 0 Å². The molecule has 0 spiro atoms. The number of carbonyl (C=O) groups excluding carboxylic acids is 1. The van der Waals surface area contributed by atoms with E-state index in [1.165, 1.54) is 12.8 Å². The Morgan fingerprint density at radius 2 is 1.95 bits per heavy atom. The highest BCUT2D eigenvalue weighted by Gasteiger charge is 2.68. The zero-order valence-electron chi connectivity index (χ0n) is 13.4. The fourth-order valence-corrected chi connectivity index (χ4v) is 5.44. The lowest BCUT2D eigenvalue weighted by Gasteiger charge is -2.52. The summed E-state index contributed by atoms with van der Waals surface area (Å²) in [7, 11) is 0. The van der Waals surface area contributed by atoms with E-state index in [1.54, 1.807) is 6.92 Å². The number of hydrogen-bond acceptors (Lipinski definition) is 3. The SMILES string of the molecule is CC(=O)OC1C(C(C)C)CCC2(C)C3CCC(C)(O3)C12.